The third-order valence-corrected chi connectivity index (χ3v) is 1.34. The van der Waals surface area contributed by atoms with Crippen LogP contribution in [0.4, 0.5) is 0 Å². The third kappa shape index (κ3) is 2.62. The van der Waals surface area contributed by atoms with E-state index in [2.05, 4.69) is 0 Å². The molecule has 4 nitrogen and oxygen atoms in total. The molecule has 4 heteroatoms. The summed E-state index contributed by atoms with van der Waals surface area (Å²) >= 11 is 0. The van der Waals surface area contributed by atoms with Crippen molar-refractivity contribution in [3.63, 3.8) is 0 Å². The number of hydrogen-bond donors (Lipinski definition) is 4. The number of hydrogen-bond acceptors (Lipinski definition) is 4. The molecule has 0 bridgehead atoms. The highest BCUT2D eigenvalue weighted by Crippen LogP contribution is 2.03. The van der Waals surface area contributed by atoms with Crippen molar-refractivity contribution in [2.24, 2.45) is 0 Å². The molecule has 0 aromatic rings. The minimum atomic E-state index is -1.28. The van der Waals surface area contributed by atoms with Gasteiger partial charge < -0.3 is 20.4 Å². The Kier molecular flexibility index (Phi) is 3.81. The standard InChI is InChI=1S/C6H14O4/c1-3(7)5(9)6(10)4(2)8/h3-10H,1-2H3/t3-,4?,5?,6?/m0/s1. The first-order valence-electron chi connectivity index (χ1n) is 3.19. The van der Waals surface area contributed by atoms with Crippen LogP contribution in [0.5, 0.6) is 0 Å². The van der Waals surface area contributed by atoms with Gasteiger partial charge in [-0.1, -0.05) is 0 Å². The number of aliphatic hydroxyl groups excluding tert-OH is 4. The molecule has 0 aliphatic heterocycles. The van der Waals surface area contributed by atoms with E-state index in [9.17, 15) is 0 Å². The van der Waals surface area contributed by atoms with E-state index < -0.39 is 24.4 Å². The lowest BCUT2D eigenvalue weighted by Gasteiger charge is -2.21. The Labute approximate surface area is 59.7 Å². The molecule has 3 unspecified atom stereocenters. The van der Waals surface area contributed by atoms with Gasteiger partial charge in [-0.15, -0.1) is 0 Å². The van der Waals surface area contributed by atoms with Crippen LogP contribution >= 0.6 is 0 Å². The van der Waals surface area contributed by atoms with Crippen molar-refractivity contribution in [2.75, 3.05) is 0 Å². The molecule has 0 heterocycles. The SMILES string of the molecule is CC(O)C(O)C(O)[C@H](C)O. The number of aliphatic hydroxyl groups is 4. The maximum Gasteiger partial charge on any atom is 0.108 e. The van der Waals surface area contributed by atoms with Gasteiger partial charge in [0, 0.05) is 0 Å². The molecule has 0 aliphatic rings. The predicted octanol–water partition coefficient (Wildman–Crippen LogP) is -1.53. The molecule has 0 amide bonds. The molecule has 4 N–H and O–H groups in total. The summed E-state index contributed by atoms with van der Waals surface area (Å²) in [5.41, 5.74) is 0. The first kappa shape index (κ1) is 9.84. The quantitative estimate of drug-likeness (QED) is 0.393. The average Bonchev–Trinajstić information content (AvgIpc) is 1.84. The van der Waals surface area contributed by atoms with Crippen LogP contribution in [0.25, 0.3) is 0 Å². The summed E-state index contributed by atoms with van der Waals surface area (Å²) in [5.74, 6) is 0. The molecule has 62 valence electrons. The molecule has 4 atom stereocenters. The second-order valence-corrected chi connectivity index (χ2v) is 2.46. The van der Waals surface area contributed by atoms with Gasteiger partial charge in [0.2, 0.25) is 0 Å². The lowest BCUT2D eigenvalue weighted by atomic mass is 10.1. The first-order chi connectivity index (χ1) is 4.46. The second kappa shape index (κ2) is 3.88. The Morgan fingerprint density at radius 3 is 1.00 bits per heavy atom. The van der Waals surface area contributed by atoms with E-state index in [4.69, 9.17) is 20.4 Å². The lowest BCUT2D eigenvalue weighted by molar-refractivity contribution is -0.0947. The Morgan fingerprint density at radius 2 is 0.900 bits per heavy atom. The van der Waals surface area contributed by atoms with Gasteiger partial charge in [0.25, 0.3) is 0 Å². The fourth-order valence-electron chi connectivity index (χ4n) is 0.571. The molecule has 0 aromatic carbocycles. The van der Waals surface area contributed by atoms with Gasteiger partial charge in [0.05, 0.1) is 12.2 Å². The largest absolute Gasteiger partial charge is 0.391 e. The highest BCUT2D eigenvalue weighted by Gasteiger charge is 2.24. The molecule has 0 radical (unpaired) electrons. The molecule has 0 saturated carbocycles. The van der Waals surface area contributed by atoms with Crippen molar-refractivity contribution in [3.05, 3.63) is 0 Å². The van der Waals surface area contributed by atoms with E-state index in [1.807, 2.05) is 0 Å². The normalized spacial score (nSPS) is 23.4. The Bertz CT molecular complexity index is 79.7. The average molecular weight is 150 g/mol. The minimum absolute atomic E-state index is 1.02. The molecule has 0 rings (SSSR count). The summed E-state index contributed by atoms with van der Waals surface area (Å²) in [6.07, 6.45) is -4.60. The zero-order valence-electron chi connectivity index (χ0n) is 6.10. The summed E-state index contributed by atoms with van der Waals surface area (Å²) in [7, 11) is 0. The molecular weight excluding hydrogens is 136 g/mol. The van der Waals surface area contributed by atoms with Crippen molar-refractivity contribution >= 4 is 0 Å². The first-order valence-corrected chi connectivity index (χ1v) is 3.19. The zero-order chi connectivity index (χ0) is 8.31. The Hall–Kier alpha value is -0.160. The zero-order valence-corrected chi connectivity index (χ0v) is 6.10. The number of rotatable bonds is 3. The third-order valence-electron chi connectivity index (χ3n) is 1.34. The van der Waals surface area contributed by atoms with E-state index in [0.717, 1.165) is 0 Å². The van der Waals surface area contributed by atoms with Crippen LogP contribution in [-0.4, -0.2) is 44.8 Å². The topological polar surface area (TPSA) is 80.9 Å². The van der Waals surface area contributed by atoms with Crippen molar-refractivity contribution in [1.82, 2.24) is 0 Å². The molecule has 0 aliphatic carbocycles. The summed E-state index contributed by atoms with van der Waals surface area (Å²) in [5, 5.41) is 35.2. The van der Waals surface area contributed by atoms with Crippen LogP contribution in [0, 0.1) is 0 Å². The van der Waals surface area contributed by atoms with E-state index >= 15 is 0 Å². The van der Waals surface area contributed by atoms with Crippen LogP contribution in [0.1, 0.15) is 13.8 Å². The molecule has 0 spiro atoms. The van der Waals surface area contributed by atoms with Crippen LogP contribution in [0.3, 0.4) is 0 Å². The maximum atomic E-state index is 8.91. The minimum Gasteiger partial charge on any atom is -0.391 e. The summed E-state index contributed by atoms with van der Waals surface area (Å²) < 4.78 is 0. The summed E-state index contributed by atoms with van der Waals surface area (Å²) in [6, 6.07) is 0. The van der Waals surface area contributed by atoms with Gasteiger partial charge in [0.15, 0.2) is 0 Å². The second-order valence-electron chi connectivity index (χ2n) is 2.46. The van der Waals surface area contributed by atoms with Gasteiger partial charge in [-0.3, -0.25) is 0 Å². The smallest absolute Gasteiger partial charge is 0.108 e. The van der Waals surface area contributed by atoms with E-state index in [1.54, 1.807) is 0 Å². The van der Waals surface area contributed by atoms with Crippen LogP contribution in [-0.2, 0) is 0 Å². The fraction of sp³-hybridized carbons (Fsp3) is 1.00. The van der Waals surface area contributed by atoms with Crippen LogP contribution < -0.4 is 0 Å². The Morgan fingerprint density at radius 1 is 0.700 bits per heavy atom. The lowest BCUT2D eigenvalue weighted by Crippen LogP contribution is -2.41. The van der Waals surface area contributed by atoms with Crippen molar-refractivity contribution < 1.29 is 20.4 Å². The van der Waals surface area contributed by atoms with Crippen molar-refractivity contribution in [3.8, 4) is 0 Å². The van der Waals surface area contributed by atoms with Gasteiger partial charge in [0.1, 0.15) is 12.2 Å². The monoisotopic (exact) mass is 150 g/mol. The van der Waals surface area contributed by atoms with Crippen molar-refractivity contribution in [1.29, 1.82) is 0 Å². The molecular formula is C6H14O4. The summed E-state index contributed by atoms with van der Waals surface area (Å²) in [4.78, 5) is 0. The Balaban J connectivity index is 3.81. The van der Waals surface area contributed by atoms with Crippen LogP contribution in [0.2, 0.25) is 0 Å². The van der Waals surface area contributed by atoms with Gasteiger partial charge in [-0.25, -0.2) is 0 Å². The highest BCUT2D eigenvalue weighted by atomic mass is 16.4. The van der Waals surface area contributed by atoms with Gasteiger partial charge >= 0.3 is 0 Å². The highest BCUT2D eigenvalue weighted by molar-refractivity contribution is 4.75. The van der Waals surface area contributed by atoms with E-state index in [0.29, 0.717) is 0 Å². The molecule has 0 aromatic heterocycles. The van der Waals surface area contributed by atoms with Gasteiger partial charge in [-0.2, -0.15) is 0 Å². The molecule has 10 heavy (non-hydrogen) atoms. The van der Waals surface area contributed by atoms with Crippen molar-refractivity contribution in [2.45, 2.75) is 38.3 Å². The van der Waals surface area contributed by atoms with Crippen LogP contribution in [0.15, 0.2) is 0 Å². The summed E-state index contributed by atoms with van der Waals surface area (Å²) in [6.45, 7) is 2.69. The molecule has 0 saturated heterocycles. The van der Waals surface area contributed by atoms with E-state index in [-0.39, 0.29) is 0 Å². The predicted molar refractivity (Wildman–Crippen MR) is 35.4 cm³/mol. The fourth-order valence-corrected chi connectivity index (χ4v) is 0.571. The van der Waals surface area contributed by atoms with Gasteiger partial charge in [-0.05, 0) is 13.8 Å². The maximum absolute atomic E-state index is 8.91. The molecule has 0 fully saturated rings. The van der Waals surface area contributed by atoms with E-state index in [1.165, 1.54) is 13.8 Å².